The molecule has 2 rings (SSSR count). The van der Waals surface area contributed by atoms with Gasteiger partial charge in [0, 0.05) is 24.0 Å². The molecule has 1 amide bonds. The third-order valence-corrected chi connectivity index (χ3v) is 3.99. The van der Waals surface area contributed by atoms with Crippen molar-refractivity contribution < 1.29 is 9.21 Å². The lowest BCUT2D eigenvalue weighted by atomic mass is 10.2. The van der Waals surface area contributed by atoms with E-state index in [1.165, 1.54) is 0 Å². The summed E-state index contributed by atoms with van der Waals surface area (Å²) in [5.74, 6) is 1.46. The summed E-state index contributed by atoms with van der Waals surface area (Å²) in [6, 6.07) is 3.55. The van der Waals surface area contributed by atoms with Gasteiger partial charge in [-0.1, -0.05) is 11.3 Å². The van der Waals surface area contributed by atoms with Gasteiger partial charge in [0.15, 0.2) is 0 Å². The van der Waals surface area contributed by atoms with Crippen molar-refractivity contribution in [2.24, 2.45) is 0 Å². The van der Waals surface area contributed by atoms with Crippen LogP contribution in [0.2, 0.25) is 0 Å². The Labute approximate surface area is 121 Å². The zero-order chi connectivity index (χ0) is 14.7. The van der Waals surface area contributed by atoms with Gasteiger partial charge in [-0.25, -0.2) is 0 Å². The molecule has 5 nitrogen and oxygen atoms in total. The molecule has 0 radical (unpaired) electrons. The molecular formula is C14H18N2O3S. The Kier molecular flexibility index (Phi) is 4.44. The molecule has 0 aliphatic rings. The van der Waals surface area contributed by atoms with Crippen molar-refractivity contribution in [3.05, 3.63) is 44.4 Å². The summed E-state index contributed by atoms with van der Waals surface area (Å²) in [5.41, 5.74) is 0.891. The fourth-order valence-corrected chi connectivity index (χ4v) is 2.72. The van der Waals surface area contributed by atoms with Gasteiger partial charge in [0.25, 0.3) is 0 Å². The van der Waals surface area contributed by atoms with Gasteiger partial charge in [0.05, 0.1) is 6.04 Å². The molecule has 0 spiro atoms. The second-order valence-electron chi connectivity index (χ2n) is 4.78. The second kappa shape index (κ2) is 6.09. The van der Waals surface area contributed by atoms with Crippen LogP contribution in [0.15, 0.2) is 26.7 Å². The smallest absolute Gasteiger partial charge is 0.307 e. The number of rotatable bonds is 5. The van der Waals surface area contributed by atoms with E-state index in [1.54, 1.807) is 9.95 Å². The lowest BCUT2D eigenvalue weighted by Gasteiger charge is -2.12. The number of hydrogen-bond donors (Lipinski definition) is 1. The zero-order valence-corrected chi connectivity index (χ0v) is 12.6. The molecule has 0 unspecified atom stereocenters. The lowest BCUT2D eigenvalue weighted by molar-refractivity contribution is -0.122. The van der Waals surface area contributed by atoms with Crippen molar-refractivity contribution in [2.45, 2.75) is 39.8 Å². The van der Waals surface area contributed by atoms with Crippen LogP contribution in [0.5, 0.6) is 0 Å². The fourth-order valence-electron chi connectivity index (χ4n) is 1.96. The SMILES string of the molecule is Cc1ccc([C@@H](C)NC(=O)CCn2c(C)csc2=O)o1. The van der Waals surface area contributed by atoms with E-state index in [1.807, 2.05) is 32.9 Å². The molecule has 108 valence electrons. The minimum atomic E-state index is -0.170. The number of nitrogens with one attached hydrogen (secondary N) is 1. The maximum absolute atomic E-state index is 11.9. The molecule has 0 fully saturated rings. The van der Waals surface area contributed by atoms with E-state index in [4.69, 9.17) is 4.42 Å². The summed E-state index contributed by atoms with van der Waals surface area (Å²) >= 11 is 1.16. The summed E-state index contributed by atoms with van der Waals surface area (Å²) in [5, 5.41) is 4.67. The number of nitrogens with zero attached hydrogens (tertiary/aromatic N) is 1. The molecule has 20 heavy (non-hydrogen) atoms. The molecule has 0 saturated heterocycles. The molecule has 0 aromatic carbocycles. The molecule has 1 N–H and O–H groups in total. The van der Waals surface area contributed by atoms with Crippen LogP contribution in [0.25, 0.3) is 0 Å². The molecule has 2 aromatic heterocycles. The third-order valence-electron chi connectivity index (χ3n) is 3.10. The number of carbonyl (C=O) groups is 1. The molecular weight excluding hydrogens is 276 g/mol. The van der Waals surface area contributed by atoms with E-state index in [-0.39, 0.29) is 23.2 Å². The standard InChI is InChI=1S/C14H18N2O3S/c1-9-8-20-14(18)16(9)7-6-13(17)15-11(3)12-5-4-10(2)19-12/h4-5,8,11H,6-7H2,1-3H3,(H,15,17)/t11-/m1/s1. The van der Waals surface area contributed by atoms with Crippen LogP contribution in [0, 0.1) is 13.8 Å². The maximum atomic E-state index is 11.9. The topological polar surface area (TPSA) is 64.2 Å². The quantitative estimate of drug-likeness (QED) is 0.921. The summed E-state index contributed by atoms with van der Waals surface area (Å²) in [6.45, 7) is 6.01. The average Bonchev–Trinajstić information content (AvgIpc) is 2.95. The van der Waals surface area contributed by atoms with Crippen LogP contribution in [0.4, 0.5) is 0 Å². The van der Waals surface area contributed by atoms with Gasteiger partial charge in [-0.15, -0.1) is 0 Å². The van der Waals surface area contributed by atoms with E-state index in [0.717, 1.165) is 28.6 Å². The van der Waals surface area contributed by atoms with Crippen molar-refractivity contribution >= 4 is 17.2 Å². The number of aryl methyl sites for hydroxylation is 2. The highest BCUT2D eigenvalue weighted by molar-refractivity contribution is 7.07. The minimum absolute atomic E-state index is 0.0231. The van der Waals surface area contributed by atoms with Gasteiger partial charge >= 0.3 is 4.87 Å². The van der Waals surface area contributed by atoms with Crippen molar-refractivity contribution in [2.75, 3.05) is 0 Å². The number of thiazole rings is 1. The van der Waals surface area contributed by atoms with Crippen LogP contribution in [0.1, 0.15) is 36.6 Å². The largest absolute Gasteiger partial charge is 0.464 e. The van der Waals surface area contributed by atoms with E-state index >= 15 is 0 Å². The number of carbonyl (C=O) groups excluding carboxylic acids is 1. The third kappa shape index (κ3) is 3.39. The maximum Gasteiger partial charge on any atom is 0.307 e. The number of hydrogen-bond acceptors (Lipinski definition) is 4. The molecule has 0 aliphatic heterocycles. The predicted molar refractivity (Wildman–Crippen MR) is 77.9 cm³/mol. The molecule has 0 saturated carbocycles. The Morgan fingerprint density at radius 1 is 1.45 bits per heavy atom. The van der Waals surface area contributed by atoms with Gasteiger partial charge in [0.1, 0.15) is 11.5 Å². The molecule has 2 heterocycles. The fraction of sp³-hybridized carbons (Fsp3) is 0.429. The number of furan rings is 1. The first-order chi connectivity index (χ1) is 9.47. The zero-order valence-electron chi connectivity index (χ0n) is 11.8. The summed E-state index contributed by atoms with van der Waals surface area (Å²) in [6.07, 6.45) is 0.279. The summed E-state index contributed by atoms with van der Waals surface area (Å²) in [4.78, 5) is 23.4. The Balaban J connectivity index is 1.88. The first kappa shape index (κ1) is 14.6. The molecule has 6 heteroatoms. The Hall–Kier alpha value is -1.82. The highest BCUT2D eigenvalue weighted by Crippen LogP contribution is 2.15. The number of aromatic nitrogens is 1. The Morgan fingerprint density at radius 2 is 2.20 bits per heavy atom. The van der Waals surface area contributed by atoms with Crippen LogP contribution >= 0.6 is 11.3 Å². The average molecular weight is 294 g/mol. The summed E-state index contributed by atoms with van der Waals surface area (Å²) in [7, 11) is 0. The monoisotopic (exact) mass is 294 g/mol. The molecule has 0 bridgehead atoms. The van der Waals surface area contributed by atoms with Gasteiger partial charge in [-0.3, -0.25) is 9.59 Å². The van der Waals surface area contributed by atoms with Crippen molar-refractivity contribution in [3.8, 4) is 0 Å². The van der Waals surface area contributed by atoms with Crippen LogP contribution < -0.4 is 10.2 Å². The van der Waals surface area contributed by atoms with E-state index in [0.29, 0.717) is 6.54 Å². The highest BCUT2D eigenvalue weighted by atomic mass is 32.1. The van der Waals surface area contributed by atoms with E-state index in [9.17, 15) is 9.59 Å². The van der Waals surface area contributed by atoms with Crippen molar-refractivity contribution in [1.82, 2.24) is 9.88 Å². The van der Waals surface area contributed by atoms with E-state index in [2.05, 4.69) is 5.32 Å². The van der Waals surface area contributed by atoms with Gasteiger partial charge in [0.2, 0.25) is 5.91 Å². The number of amides is 1. The normalized spacial score (nSPS) is 12.3. The van der Waals surface area contributed by atoms with E-state index < -0.39 is 0 Å². The molecule has 2 aromatic rings. The first-order valence-corrected chi connectivity index (χ1v) is 7.36. The Morgan fingerprint density at radius 3 is 2.75 bits per heavy atom. The van der Waals surface area contributed by atoms with Gasteiger partial charge in [-0.2, -0.15) is 0 Å². The minimum Gasteiger partial charge on any atom is -0.464 e. The Bertz CT molecular complexity index is 653. The van der Waals surface area contributed by atoms with Gasteiger partial charge in [-0.05, 0) is 32.9 Å². The summed E-state index contributed by atoms with van der Waals surface area (Å²) < 4.78 is 7.08. The lowest BCUT2D eigenvalue weighted by Crippen LogP contribution is -2.28. The second-order valence-corrected chi connectivity index (χ2v) is 5.60. The molecule has 0 aliphatic carbocycles. The van der Waals surface area contributed by atoms with Crippen molar-refractivity contribution in [3.63, 3.8) is 0 Å². The van der Waals surface area contributed by atoms with Crippen LogP contribution in [0.3, 0.4) is 0 Å². The highest BCUT2D eigenvalue weighted by Gasteiger charge is 2.13. The van der Waals surface area contributed by atoms with Crippen molar-refractivity contribution in [1.29, 1.82) is 0 Å². The van der Waals surface area contributed by atoms with Crippen LogP contribution in [-0.2, 0) is 11.3 Å². The predicted octanol–water partition coefficient (Wildman–Crippen LogP) is 2.39. The van der Waals surface area contributed by atoms with Gasteiger partial charge < -0.3 is 14.3 Å². The first-order valence-electron chi connectivity index (χ1n) is 6.48. The molecule has 1 atom stereocenters. The van der Waals surface area contributed by atoms with Crippen LogP contribution in [-0.4, -0.2) is 10.5 Å².